The van der Waals surface area contributed by atoms with Crippen molar-refractivity contribution in [3.63, 3.8) is 0 Å². The third-order valence-corrected chi connectivity index (χ3v) is 6.83. The molecule has 0 saturated carbocycles. The summed E-state index contributed by atoms with van der Waals surface area (Å²) in [7, 11) is 0. The van der Waals surface area contributed by atoms with Crippen molar-refractivity contribution in [3.05, 3.63) is 108 Å². The molecule has 5 nitrogen and oxygen atoms in total. The smallest absolute Gasteiger partial charge is 0.343 e. The van der Waals surface area contributed by atoms with E-state index in [4.69, 9.17) is 14.2 Å². The Kier molecular flexibility index (Phi) is 11.2. The van der Waals surface area contributed by atoms with Crippen LogP contribution in [0.4, 0.5) is 0 Å². The Morgan fingerprint density at radius 2 is 1.23 bits per heavy atom. The average molecular weight is 539 g/mol. The highest BCUT2D eigenvalue weighted by Crippen LogP contribution is 2.24. The van der Waals surface area contributed by atoms with Crippen molar-refractivity contribution in [3.8, 4) is 11.5 Å². The Bertz CT molecular complexity index is 1360. The Hall–Kier alpha value is -4.12. The highest BCUT2D eigenvalue weighted by Gasteiger charge is 2.12. The zero-order valence-corrected chi connectivity index (χ0v) is 23.3. The van der Waals surface area contributed by atoms with Gasteiger partial charge >= 0.3 is 11.9 Å². The molecule has 0 heterocycles. The van der Waals surface area contributed by atoms with Crippen LogP contribution >= 0.6 is 0 Å². The van der Waals surface area contributed by atoms with E-state index >= 15 is 0 Å². The van der Waals surface area contributed by atoms with Crippen LogP contribution in [0, 0.1) is 0 Å². The minimum atomic E-state index is -0.435. The number of hydrogen-bond donors (Lipinski definition) is 0. The molecule has 40 heavy (non-hydrogen) atoms. The Morgan fingerprint density at radius 1 is 0.600 bits per heavy atom. The number of esters is 2. The van der Waals surface area contributed by atoms with Gasteiger partial charge in [-0.05, 0) is 71.3 Å². The Labute approximate surface area is 237 Å². The Morgan fingerprint density at radius 3 is 1.98 bits per heavy atom. The van der Waals surface area contributed by atoms with Gasteiger partial charge in [0.15, 0.2) is 0 Å². The summed E-state index contributed by atoms with van der Waals surface area (Å²) in [6, 6.07) is 27.3. The summed E-state index contributed by atoms with van der Waals surface area (Å²) in [4.78, 5) is 25.2. The van der Waals surface area contributed by atoms with Crippen molar-refractivity contribution in [1.82, 2.24) is 0 Å². The van der Waals surface area contributed by atoms with Crippen LogP contribution in [-0.2, 0) is 11.3 Å². The fourth-order valence-electron chi connectivity index (χ4n) is 4.50. The molecule has 4 rings (SSSR count). The lowest BCUT2D eigenvalue weighted by molar-refractivity contribution is 0.0472. The highest BCUT2D eigenvalue weighted by atomic mass is 16.5. The SMILES string of the molecule is CCCCCCCCCCOc1ccc(C(=O)Oc2ccc3cc(C(=O)OCc4ccccc4)ccc3c2)cc1. The van der Waals surface area contributed by atoms with E-state index in [0.29, 0.717) is 23.5 Å². The van der Waals surface area contributed by atoms with E-state index in [1.807, 2.05) is 42.5 Å². The van der Waals surface area contributed by atoms with Gasteiger partial charge in [-0.15, -0.1) is 0 Å². The number of ether oxygens (including phenoxy) is 3. The van der Waals surface area contributed by atoms with E-state index in [-0.39, 0.29) is 12.6 Å². The lowest BCUT2D eigenvalue weighted by Crippen LogP contribution is -2.08. The molecule has 208 valence electrons. The molecule has 0 saturated heterocycles. The van der Waals surface area contributed by atoms with Crippen molar-refractivity contribution in [2.45, 2.75) is 64.9 Å². The maximum atomic E-state index is 12.7. The van der Waals surface area contributed by atoms with Gasteiger partial charge in [0.1, 0.15) is 18.1 Å². The maximum Gasteiger partial charge on any atom is 0.343 e. The van der Waals surface area contributed by atoms with E-state index < -0.39 is 5.97 Å². The predicted molar refractivity (Wildman–Crippen MR) is 159 cm³/mol. The minimum absolute atomic E-state index is 0.221. The quantitative estimate of drug-likeness (QED) is 0.0859. The van der Waals surface area contributed by atoms with Gasteiger partial charge in [-0.3, -0.25) is 0 Å². The van der Waals surface area contributed by atoms with Gasteiger partial charge in [0.25, 0.3) is 0 Å². The van der Waals surface area contributed by atoms with Gasteiger partial charge in [0.05, 0.1) is 17.7 Å². The van der Waals surface area contributed by atoms with Crippen LogP contribution < -0.4 is 9.47 Å². The molecule has 4 aromatic rings. The second-order valence-electron chi connectivity index (χ2n) is 10.0. The van der Waals surface area contributed by atoms with Gasteiger partial charge in [-0.1, -0.05) is 94.3 Å². The van der Waals surface area contributed by atoms with Crippen LogP contribution in [0.5, 0.6) is 11.5 Å². The first-order valence-electron chi connectivity index (χ1n) is 14.3. The average Bonchev–Trinajstić information content (AvgIpc) is 2.99. The number of carbonyl (C=O) groups is 2. The summed E-state index contributed by atoms with van der Waals surface area (Å²) in [6.07, 6.45) is 10.1. The van der Waals surface area contributed by atoms with Crippen LogP contribution in [0.1, 0.15) is 84.6 Å². The summed E-state index contributed by atoms with van der Waals surface area (Å²) < 4.78 is 16.9. The fourth-order valence-corrected chi connectivity index (χ4v) is 4.50. The summed E-state index contributed by atoms with van der Waals surface area (Å²) in [5.41, 5.74) is 1.86. The zero-order chi connectivity index (χ0) is 28.0. The summed E-state index contributed by atoms with van der Waals surface area (Å²) in [5, 5.41) is 1.71. The van der Waals surface area contributed by atoms with Crippen molar-refractivity contribution < 1.29 is 23.8 Å². The molecule has 4 aromatic carbocycles. The number of rotatable bonds is 15. The molecule has 0 aromatic heterocycles. The molecule has 0 bridgehead atoms. The first-order valence-corrected chi connectivity index (χ1v) is 14.3. The summed E-state index contributed by atoms with van der Waals surface area (Å²) in [5.74, 6) is 0.372. The van der Waals surface area contributed by atoms with Crippen LogP contribution in [0.3, 0.4) is 0 Å². The number of benzene rings is 4. The molecule has 0 N–H and O–H groups in total. The van der Waals surface area contributed by atoms with Crippen LogP contribution in [0.2, 0.25) is 0 Å². The van der Waals surface area contributed by atoms with Gasteiger partial charge in [-0.25, -0.2) is 9.59 Å². The van der Waals surface area contributed by atoms with Gasteiger partial charge in [0, 0.05) is 0 Å². The molecule has 0 atom stereocenters. The van der Waals surface area contributed by atoms with E-state index in [1.165, 1.54) is 44.9 Å². The molecule has 0 aliphatic heterocycles. The normalized spacial score (nSPS) is 10.8. The number of hydrogen-bond acceptors (Lipinski definition) is 5. The Balaban J connectivity index is 1.23. The fraction of sp³-hybridized carbons (Fsp3) is 0.314. The lowest BCUT2D eigenvalue weighted by atomic mass is 10.1. The highest BCUT2D eigenvalue weighted by molar-refractivity contribution is 5.96. The van der Waals surface area contributed by atoms with Crippen molar-refractivity contribution >= 4 is 22.7 Å². The molecule has 5 heteroatoms. The van der Waals surface area contributed by atoms with Crippen molar-refractivity contribution in [2.24, 2.45) is 0 Å². The largest absolute Gasteiger partial charge is 0.494 e. The van der Waals surface area contributed by atoms with Crippen LogP contribution in [-0.4, -0.2) is 18.5 Å². The van der Waals surface area contributed by atoms with Gasteiger partial charge < -0.3 is 14.2 Å². The number of carbonyl (C=O) groups excluding carboxylic acids is 2. The molecule has 0 radical (unpaired) electrons. The molecule has 0 aliphatic rings. The lowest BCUT2D eigenvalue weighted by Gasteiger charge is -2.09. The van der Waals surface area contributed by atoms with Gasteiger partial charge in [0.2, 0.25) is 0 Å². The van der Waals surface area contributed by atoms with E-state index in [1.54, 1.807) is 48.5 Å². The summed E-state index contributed by atoms with van der Waals surface area (Å²) in [6.45, 7) is 3.14. The van der Waals surface area contributed by atoms with E-state index in [0.717, 1.165) is 28.5 Å². The minimum Gasteiger partial charge on any atom is -0.494 e. The first-order chi connectivity index (χ1) is 19.6. The van der Waals surface area contributed by atoms with Crippen LogP contribution in [0.25, 0.3) is 10.8 Å². The molecule has 0 amide bonds. The van der Waals surface area contributed by atoms with E-state index in [9.17, 15) is 9.59 Å². The molecular weight excluding hydrogens is 500 g/mol. The summed E-state index contributed by atoms with van der Waals surface area (Å²) >= 11 is 0. The molecule has 0 fully saturated rings. The number of fused-ring (bicyclic) bond motifs is 1. The molecule has 0 aliphatic carbocycles. The first kappa shape index (κ1) is 28.9. The monoisotopic (exact) mass is 538 g/mol. The molecule has 0 spiro atoms. The molecular formula is C35H38O5. The van der Waals surface area contributed by atoms with Crippen molar-refractivity contribution in [1.29, 1.82) is 0 Å². The third-order valence-electron chi connectivity index (χ3n) is 6.83. The second-order valence-corrected chi connectivity index (χ2v) is 10.0. The maximum absolute atomic E-state index is 12.7. The van der Waals surface area contributed by atoms with Crippen LogP contribution in [0.15, 0.2) is 91.0 Å². The third kappa shape index (κ3) is 8.98. The molecule has 0 unspecified atom stereocenters. The topological polar surface area (TPSA) is 61.8 Å². The second kappa shape index (κ2) is 15.5. The van der Waals surface area contributed by atoms with E-state index in [2.05, 4.69) is 6.92 Å². The van der Waals surface area contributed by atoms with Gasteiger partial charge in [-0.2, -0.15) is 0 Å². The standard InChI is InChI=1S/C35H38O5/c1-2-3-4-5-6-7-8-12-23-38-32-20-17-28(18-21-32)35(37)40-33-22-19-29-24-31(16-15-30(29)25-33)34(36)39-26-27-13-10-9-11-14-27/h9-11,13-22,24-25H,2-8,12,23,26H2,1H3. The zero-order valence-electron chi connectivity index (χ0n) is 23.3. The predicted octanol–water partition coefficient (Wildman–Crippen LogP) is 8.94. The number of unbranched alkanes of at least 4 members (excludes halogenated alkanes) is 7. The van der Waals surface area contributed by atoms with Crippen molar-refractivity contribution in [2.75, 3.05) is 6.61 Å².